The predicted octanol–water partition coefficient (Wildman–Crippen LogP) is 2.13. The Kier molecular flexibility index (Phi) is 4.26. The third kappa shape index (κ3) is 2.45. The number of likely N-dealkylation sites (tertiary alicyclic amines) is 2. The van der Waals surface area contributed by atoms with E-state index in [0.29, 0.717) is 12.1 Å². The summed E-state index contributed by atoms with van der Waals surface area (Å²) in [5.41, 5.74) is 2.65. The van der Waals surface area contributed by atoms with Crippen LogP contribution in [0.15, 0.2) is 0 Å². The summed E-state index contributed by atoms with van der Waals surface area (Å²) in [4.78, 5) is 17.8. The maximum atomic E-state index is 13.1. The lowest BCUT2D eigenvalue weighted by Crippen LogP contribution is -2.48. The van der Waals surface area contributed by atoms with Crippen LogP contribution in [0.2, 0.25) is 0 Å². The van der Waals surface area contributed by atoms with Crippen LogP contribution in [0.5, 0.6) is 0 Å². The second-order valence-corrected chi connectivity index (χ2v) is 6.72. The highest BCUT2D eigenvalue weighted by Crippen LogP contribution is 2.31. The van der Waals surface area contributed by atoms with Gasteiger partial charge < -0.3 is 4.90 Å². The molecule has 0 unspecified atom stereocenters. The topological polar surface area (TPSA) is 41.4 Å². The van der Waals surface area contributed by atoms with Crippen molar-refractivity contribution in [3.8, 4) is 0 Å². The van der Waals surface area contributed by atoms with Crippen LogP contribution in [-0.4, -0.2) is 57.2 Å². The summed E-state index contributed by atoms with van der Waals surface area (Å²) in [5, 5.41) is 4.42. The maximum absolute atomic E-state index is 13.1. The number of carbonyl (C=O) groups is 1. The molecular weight excluding hydrogens is 276 g/mol. The third-order valence-electron chi connectivity index (χ3n) is 5.55. The van der Waals surface area contributed by atoms with E-state index in [1.165, 1.54) is 19.4 Å². The molecule has 2 atom stereocenters. The van der Waals surface area contributed by atoms with Gasteiger partial charge in [0, 0.05) is 31.4 Å². The number of rotatable bonds is 3. The van der Waals surface area contributed by atoms with Gasteiger partial charge in [-0.15, -0.1) is 0 Å². The van der Waals surface area contributed by atoms with Crippen molar-refractivity contribution in [3.05, 3.63) is 17.0 Å². The molecule has 2 aliphatic rings. The number of likely N-dealkylation sites (N-methyl/N-ethyl adjacent to an activating group) is 1. The van der Waals surface area contributed by atoms with Crippen LogP contribution in [-0.2, 0) is 7.05 Å². The van der Waals surface area contributed by atoms with Crippen LogP contribution >= 0.6 is 0 Å². The molecule has 1 aromatic rings. The minimum atomic E-state index is 0.188. The quantitative estimate of drug-likeness (QED) is 0.859. The Balaban J connectivity index is 1.85. The van der Waals surface area contributed by atoms with Crippen molar-refractivity contribution in [2.75, 3.05) is 19.6 Å². The number of amides is 1. The van der Waals surface area contributed by atoms with E-state index in [0.717, 1.165) is 42.9 Å². The SMILES string of the molecule is CCN1CCC[C@H]1[C@H]1CCCN1C(=O)c1c(C)nn(C)c1C. The molecule has 0 saturated carbocycles. The summed E-state index contributed by atoms with van der Waals surface area (Å²) in [5.74, 6) is 0.188. The zero-order valence-corrected chi connectivity index (χ0v) is 14.3. The van der Waals surface area contributed by atoms with Gasteiger partial charge in [-0.2, -0.15) is 5.10 Å². The molecule has 1 aromatic heterocycles. The Bertz CT molecular complexity index is 565. The van der Waals surface area contributed by atoms with Gasteiger partial charge in [0.05, 0.1) is 11.3 Å². The van der Waals surface area contributed by atoms with Crippen molar-refractivity contribution in [3.63, 3.8) is 0 Å². The van der Waals surface area contributed by atoms with Crippen LogP contribution in [0.4, 0.5) is 0 Å². The third-order valence-corrected chi connectivity index (χ3v) is 5.55. The minimum Gasteiger partial charge on any atom is -0.334 e. The molecular formula is C17H28N4O. The Labute approximate surface area is 133 Å². The van der Waals surface area contributed by atoms with E-state index in [2.05, 4.69) is 21.8 Å². The lowest BCUT2D eigenvalue weighted by molar-refractivity contribution is 0.0648. The van der Waals surface area contributed by atoms with Gasteiger partial charge >= 0.3 is 0 Å². The summed E-state index contributed by atoms with van der Waals surface area (Å²) in [6, 6.07) is 0.933. The van der Waals surface area contributed by atoms with Crippen molar-refractivity contribution >= 4 is 5.91 Å². The smallest absolute Gasteiger partial charge is 0.257 e. The highest BCUT2D eigenvalue weighted by Gasteiger charge is 2.40. The van der Waals surface area contributed by atoms with Crippen LogP contribution in [0, 0.1) is 13.8 Å². The summed E-state index contributed by atoms with van der Waals surface area (Å²) in [7, 11) is 1.91. The largest absolute Gasteiger partial charge is 0.334 e. The van der Waals surface area contributed by atoms with Gasteiger partial charge in [0.25, 0.3) is 5.91 Å². The average Bonchev–Trinajstić information content (AvgIpc) is 3.18. The van der Waals surface area contributed by atoms with E-state index in [1.54, 1.807) is 0 Å². The van der Waals surface area contributed by atoms with Gasteiger partial charge in [0.15, 0.2) is 0 Å². The van der Waals surface area contributed by atoms with Crippen molar-refractivity contribution in [2.45, 2.75) is 58.5 Å². The number of carbonyl (C=O) groups excluding carboxylic acids is 1. The summed E-state index contributed by atoms with van der Waals surface area (Å²) in [6.07, 6.45) is 4.77. The van der Waals surface area contributed by atoms with E-state index in [9.17, 15) is 4.79 Å². The molecule has 3 heterocycles. The molecule has 2 aliphatic heterocycles. The maximum Gasteiger partial charge on any atom is 0.257 e. The first-order valence-corrected chi connectivity index (χ1v) is 8.59. The fourth-order valence-electron chi connectivity index (χ4n) is 4.35. The molecule has 2 fully saturated rings. The van der Waals surface area contributed by atoms with Crippen molar-refractivity contribution in [1.29, 1.82) is 0 Å². The first kappa shape index (κ1) is 15.5. The Hall–Kier alpha value is -1.36. The predicted molar refractivity (Wildman–Crippen MR) is 87.0 cm³/mol. The zero-order valence-electron chi connectivity index (χ0n) is 14.3. The van der Waals surface area contributed by atoms with E-state index >= 15 is 0 Å². The molecule has 0 N–H and O–H groups in total. The number of nitrogens with zero attached hydrogens (tertiary/aromatic N) is 4. The summed E-state index contributed by atoms with van der Waals surface area (Å²) < 4.78 is 1.82. The average molecular weight is 304 g/mol. The first-order valence-electron chi connectivity index (χ1n) is 8.59. The standard InChI is InChI=1S/C17H28N4O/c1-5-20-10-6-8-14(20)15-9-7-11-21(15)17(22)16-12(2)18-19(4)13(16)3/h14-15H,5-11H2,1-4H3/t14-,15+/m0/s1. The first-order chi connectivity index (χ1) is 10.5. The minimum absolute atomic E-state index is 0.188. The van der Waals surface area contributed by atoms with E-state index in [-0.39, 0.29) is 5.91 Å². The molecule has 22 heavy (non-hydrogen) atoms. The number of hydrogen-bond acceptors (Lipinski definition) is 3. The van der Waals surface area contributed by atoms with Gasteiger partial charge in [0.2, 0.25) is 0 Å². The number of aromatic nitrogens is 2. The number of aryl methyl sites for hydroxylation is 2. The Morgan fingerprint density at radius 3 is 2.50 bits per heavy atom. The van der Waals surface area contributed by atoms with E-state index in [4.69, 9.17) is 0 Å². The van der Waals surface area contributed by atoms with Crippen LogP contribution in [0.1, 0.15) is 54.4 Å². The van der Waals surface area contributed by atoms with Crippen LogP contribution < -0.4 is 0 Å². The Morgan fingerprint density at radius 1 is 1.18 bits per heavy atom. The molecule has 5 nitrogen and oxygen atoms in total. The van der Waals surface area contributed by atoms with Crippen LogP contribution in [0.3, 0.4) is 0 Å². The zero-order chi connectivity index (χ0) is 15.9. The molecule has 0 spiro atoms. The second kappa shape index (κ2) is 6.03. The molecule has 0 aromatic carbocycles. The molecule has 3 rings (SSSR count). The van der Waals surface area contributed by atoms with Crippen molar-refractivity contribution in [2.24, 2.45) is 7.05 Å². The van der Waals surface area contributed by atoms with Gasteiger partial charge in [-0.05, 0) is 52.6 Å². The molecule has 0 radical (unpaired) electrons. The van der Waals surface area contributed by atoms with Gasteiger partial charge in [-0.1, -0.05) is 6.92 Å². The monoisotopic (exact) mass is 304 g/mol. The van der Waals surface area contributed by atoms with Crippen molar-refractivity contribution < 1.29 is 4.79 Å². The van der Waals surface area contributed by atoms with Crippen LogP contribution in [0.25, 0.3) is 0 Å². The van der Waals surface area contributed by atoms with Gasteiger partial charge in [-0.3, -0.25) is 14.4 Å². The number of hydrogen-bond donors (Lipinski definition) is 0. The molecule has 5 heteroatoms. The highest BCUT2D eigenvalue weighted by molar-refractivity contribution is 5.96. The summed E-state index contributed by atoms with van der Waals surface area (Å²) in [6.45, 7) is 9.34. The van der Waals surface area contributed by atoms with E-state index in [1.807, 2.05) is 25.6 Å². The lowest BCUT2D eigenvalue weighted by atomic mass is 10.0. The molecule has 2 saturated heterocycles. The van der Waals surface area contributed by atoms with Gasteiger partial charge in [-0.25, -0.2) is 0 Å². The highest BCUT2D eigenvalue weighted by atomic mass is 16.2. The fourth-order valence-corrected chi connectivity index (χ4v) is 4.35. The fraction of sp³-hybridized carbons (Fsp3) is 0.765. The Morgan fingerprint density at radius 2 is 1.86 bits per heavy atom. The lowest BCUT2D eigenvalue weighted by Gasteiger charge is -2.34. The second-order valence-electron chi connectivity index (χ2n) is 6.72. The van der Waals surface area contributed by atoms with Crippen molar-refractivity contribution in [1.82, 2.24) is 19.6 Å². The normalized spacial score (nSPS) is 26.1. The summed E-state index contributed by atoms with van der Waals surface area (Å²) >= 11 is 0. The van der Waals surface area contributed by atoms with E-state index < -0.39 is 0 Å². The molecule has 122 valence electrons. The molecule has 1 amide bonds. The molecule has 0 aliphatic carbocycles. The van der Waals surface area contributed by atoms with Gasteiger partial charge in [0.1, 0.15) is 0 Å². The molecule has 0 bridgehead atoms.